The number of benzene rings is 8. The van der Waals surface area contributed by atoms with E-state index in [4.69, 9.17) is 0 Å². The van der Waals surface area contributed by atoms with E-state index in [2.05, 4.69) is 218 Å². The molecule has 0 saturated heterocycles. The highest BCUT2D eigenvalue weighted by molar-refractivity contribution is 5.79. The predicted octanol–water partition coefficient (Wildman–Crippen LogP) is 14.3. The first-order chi connectivity index (χ1) is 25.6. The first-order valence-corrected chi connectivity index (χ1v) is 17.8. The maximum Gasteiger partial charge on any atom is 0.0462 e. The smallest absolute Gasteiger partial charge is 0.0462 e. The van der Waals surface area contributed by atoms with Crippen molar-refractivity contribution in [1.82, 2.24) is 0 Å². The van der Waals surface area contributed by atoms with Gasteiger partial charge in [0, 0.05) is 34.1 Å². The summed E-state index contributed by atoms with van der Waals surface area (Å²) in [6.07, 6.45) is 0. The van der Waals surface area contributed by atoms with Gasteiger partial charge in [0.05, 0.1) is 0 Å². The third-order valence-corrected chi connectivity index (χ3v) is 9.04. The first-order valence-electron chi connectivity index (χ1n) is 17.8. The fourth-order valence-corrected chi connectivity index (χ4v) is 6.38. The Labute approximate surface area is 308 Å². The Bertz CT molecular complexity index is 2190. The van der Waals surface area contributed by atoms with Gasteiger partial charge in [-0.15, -0.1) is 0 Å². The van der Waals surface area contributed by atoms with E-state index < -0.39 is 0 Å². The Balaban J connectivity index is 0.000000162. The summed E-state index contributed by atoms with van der Waals surface area (Å²) in [5, 5.41) is 0. The van der Waals surface area contributed by atoms with Gasteiger partial charge >= 0.3 is 0 Å². The number of hydrogen-bond acceptors (Lipinski definition) is 2. The van der Waals surface area contributed by atoms with Crippen LogP contribution in [0.2, 0.25) is 0 Å². The van der Waals surface area contributed by atoms with Gasteiger partial charge in [-0.1, -0.05) is 157 Å². The molecular formula is C50H42N2. The average Bonchev–Trinajstić information content (AvgIpc) is 3.21. The molecule has 0 aliphatic carbocycles. The molecule has 0 N–H and O–H groups in total. The predicted molar refractivity (Wildman–Crippen MR) is 223 cm³/mol. The van der Waals surface area contributed by atoms with Gasteiger partial charge in [-0.05, 0) is 109 Å². The Kier molecular flexibility index (Phi) is 10.7. The molecule has 0 bridgehead atoms. The molecule has 8 rings (SSSR count). The molecule has 0 aromatic heterocycles. The molecule has 0 saturated carbocycles. The number of hydrogen-bond donors (Lipinski definition) is 0. The lowest BCUT2D eigenvalue weighted by molar-refractivity contribution is 1.28. The van der Waals surface area contributed by atoms with Crippen molar-refractivity contribution in [3.8, 4) is 22.3 Å². The van der Waals surface area contributed by atoms with E-state index in [-0.39, 0.29) is 0 Å². The molecule has 2 heteroatoms. The number of rotatable bonds is 8. The third kappa shape index (κ3) is 8.21. The Hall–Kier alpha value is -6.64. The Morgan fingerprint density at radius 1 is 0.231 bits per heavy atom. The highest BCUT2D eigenvalue weighted by Crippen LogP contribution is 2.36. The fraction of sp³-hybridized carbons (Fsp3) is 0.0400. The summed E-state index contributed by atoms with van der Waals surface area (Å²) in [6, 6.07) is 76.8. The van der Waals surface area contributed by atoms with Crippen molar-refractivity contribution >= 4 is 34.1 Å². The SMILES string of the molecule is Cc1ccc(-c2ccc(N(c3ccccc3)c3ccccc3)cc2)cc1.Cc1cccc(-c2ccc(N(c3ccccc3)c3ccccc3)cc2)c1. The molecule has 0 aliphatic rings. The highest BCUT2D eigenvalue weighted by atomic mass is 15.1. The minimum absolute atomic E-state index is 1.15. The average molecular weight is 671 g/mol. The van der Waals surface area contributed by atoms with Crippen LogP contribution < -0.4 is 9.80 Å². The van der Waals surface area contributed by atoms with Crippen LogP contribution in [0.4, 0.5) is 34.1 Å². The van der Waals surface area contributed by atoms with E-state index >= 15 is 0 Å². The zero-order valence-corrected chi connectivity index (χ0v) is 29.7. The normalized spacial score (nSPS) is 10.5. The lowest BCUT2D eigenvalue weighted by Gasteiger charge is -2.25. The van der Waals surface area contributed by atoms with Crippen LogP contribution in [0.15, 0.2) is 218 Å². The lowest BCUT2D eigenvalue weighted by Crippen LogP contribution is -2.09. The van der Waals surface area contributed by atoms with Crippen molar-refractivity contribution in [3.05, 3.63) is 230 Å². The van der Waals surface area contributed by atoms with Crippen LogP contribution in [0, 0.1) is 13.8 Å². The molecule has 0 aliphatic heterocycles. The van der Waals surface area contributed by atoms with E-state index in [1.54, 1.807) is 0 Å². The van der Waals surface area contributed by atoms with Crippen LogP contribution in [0.25, 0.3) is 22.3 Å². The molecule has 0 radical (unpaired) electrons. The maximum absolute atomic E-state index is 2.28. The summed E-state index contributed by atoms with van der Waals surface area (Å²) in [5.74, 6) is 0. The minimum atomic E-state index is 1.15. The monoisotopic (exact) mass is 670 g/mol. The Morgan fingerprint density at radius 2 is 0.538 bits per heavy atom. The van der Waals surface area contributed by atoms with E-state index in [0.29, 0.717) is 0 Å². The second kappa shape index (κ2) is 16.4. The molecule has 0 unspecified atom stereocenters. The maximum atomic E-state index is 2.28. The summed E-state index contributed by atoms with van der Waals surface area (Å²) in [4.78, 5) is 4.55. The summed E-state index contributed by atoms with van der Waals surface area (Å²) < 4.78 is 0. The van der Waals surface area contributed by atoms with Gasteiger partial charge in [0.2, 0.25) is 0 Å². The number of nitrogens with zero attached hydrogens (tertiary/aromatic N) is 2. The third-order valence-electron chi connectivity index (χ3n) is 9.04. The molecule has 0 atom stereocenters. The van der Waals surface area contributed by atoms with Crippen molar-refractivity contribution in [1.29, 1.82) is 0 Å². The van der Waals surface area contributed by atoms with Gasteiger partial charge in [0.1, 0.15) is 0 Å². The van der Waals surface area contributed by atoms with Crippen LogP contribution in [0.3, 0.4) is 0 Å². The largest absolute Gasteiger partial charge is 0.311 e. The van der Waals surface area contributed by atoms with Crippen LogP contribution >= 0.6 is 0 Å². The van der Waals surface area contributed by atoms with Crippen LogP contribution in [-0.4, -0.2) is 0 Å². The summed E-state index contributed by atoms with van der Waals surface area (Å²) in [7, 11) is 0. The standard InChI is InChI=1S/2C25H21N/c1-20-9-8-10-22(19-20)21-15-17-25(18-16-21)26(23-11-4-2-5-12-23)24-13-6-3-7-14-24;1-20-12-14-21(15-13-20)22-16-18-25(19-17-22)26(23-8-4-2-5-9-23)24-10-6-3-7-11-24/h2*2-19H,1H3. The van der Waals surface area contributed by atoms with Gasteiger partial charge < -0.3 is 9.80 Å². The van der Waals surface area contributed by atoms with Gasteiger partial charge in [0.25, 0.3) is 0 Å². The lowest BCUT2D eigenvalue weighted by atomic mass is 10.0. The second-order valence-electron chi connectivity index (χ2n) is 12.8. The second-order valence-corrected chi connectivity index (χ2v) is 12.8. The number of para-hydroxylation sites is 4. The van der Waals surface area contributed by atoms with Crippen LogP contribution in [-0.2, 0) is 0 Å². The van der Waals surface area contributed by atoms with Gasteiger partial charge in [-0.2, -0.15) is 0 Å². The van der Waals surface area contributed by atoms with Crippen molar-refractivity contribution in [2.75, 3.05) is 9.80 Å². The van der Waals surface area contributed by atoms with E-state index in [1.807, 2.05) is 24.3 Å². The highest BCUT2D eigenvalue weighted by Gasteiger charge is 2.13. The Morgan fingerprint density at radius 3 is 0.885 bits per heavy atom. The molecule has 8 aromatic carbocycles. The first kappa shape index (κ1) is 33.8. The van der Waals surface area contributed by atoms with Gasteiger partial charge in [-0.3, -0.25) is 0 Å². The molecular weight excluding hydrogens is 629 g/mol. The quantitative estimate of drug-likeness (QED) is 0.159. The molecule has 52 heavy (non-hydrogen) atoms. The van der Waals surface area contributed by atoms with E-state index in [1.165, 1.54) is 33.4 Å². The van der Waals surface area contributed by atoms with Gasteiger partial charge in [-0.25, -0.2) is 0 Å². The topological polar surface area (TPSA) is 6.48 Å². The van der Waals surface area contributed by atoms with Crippen molar-refractivity contribution < 1.29 is 0 Å². The van der Waals surface area contributed by atoms with Crippen LogP contribution in [0.5, 0.6) is 0 Å². The van der Waals surface area contributed by atoms with E-state index in [0.717, 1.165) is 34.1 Å². The molecule has 0 amide bonds. The van der Waals surface area contributed by atoms with Gasteiger partial charge in [0.15, 0.2) is 0 Å². The number of anilines is 6. The number of aryl methyl sites for hydroxylation is 2. The van der Waals surface area contributed by atoms with Crippen molar-refractivity contribution in [2.45, 2.75) is 13.8 Å². The zero-order valence-electron chi connectivity index (χ0n) is 29.7. The van der Waals surface area contributed by atoms with E-state index in [9.17, 15) is 0 Å². The summed E-state index contributed by atoms with van der Waals surface area (Å²) in [5.41, 5.74) is 14.4. The molecule has 0 heterocycles. The summed E-state index contributed by atoms with van der Waals surface area (Å²) >= 11 is 0. The van der Waals surface area contributed by atoms with Crippen molar-refractivity contribution in [2.24, 2.45) is 0 Å². The molecule has 252 valence electrons. The minimum Gasteiger partial charge on any atom is -0.311 e. The molecule has 0 spiro atoms. The van der Waals surface area contributed by atoms with Crippen LogP contribution in [0.1, 0.15) is 11.1 Å². The summed E-state index contributed by atoms with van der Waals surface area (Å²) in [6.45, 7) is 4.24. The molecule has 8 aromatic rings. The fourth-order valence-electron chi connectivity index (χ4n) is 6.38. The molecule has 2 nitrogen and oxygen atoms in total. The molecule has 0 fully saturated rings. The zero-order chi connectivity index (χ0) is 35.5. The van der Waals surface area contributed by atoms with Crippen molar-refractivity contribution in [3.63, 3.8) is 0 Å².